The number of halogens is 2. The Hall–Kier alpha value is -1.17. The minimum atomic E-state index is -0.961. The molecule has 1 N–H and O–H groups in total. The smallest absolute Gasteiger partial charge is 0.323 e. The first-order valence-corrected chi connectivity index (χ1v) is 5.95. The normalized spacial score (nSPS) is 20.9. The van der Waals surface area contributed by atoms with Crippen LogP contribution < -0.4 is 0 Å². The van der Waals surface area contributed by atoms with E-state index in [1.54, 1.807) is 17.0 Å². The number of hydrogen-bond acceptors (Lipinski definition) is 3. The lowest BCUT2D eigenvalue weighted by atomic mass is 10.1. The third kappa shape index (κ3) is 2.80. The maximum absolute atomic E-state index is 13.7. The standard InChI is InChI=1S/C12H13ClFNO3/c13-9-3-1-2-8(11(9)14)6-15-4-5-18-7-10(15)12(16)17/h1-3,10H,4-7H2,(H,16,17). The Bertz CT molecular complexity index is 455. The average molecular weight is 274 g/mol. The number of ether oxygens (including phenoxy) is 1. The first-order chi connectivity index (χ1) is 8.59. The van der Waals surface area contributed by atoms with Gasteiger partial charge in [0.2, 0.25) is 0 Å². The zero-order chi connectivity index (χ0) is 13.1. The van der Waals surface area contributed by atoms with E-state index in [-0.39, 0.29) is 18.2 Å². The summed E-state index contributed by atoms with van der Waals surface area (Å²) in [6.45, 7) is 1.25. The molecule has 0 saturated carbocycles. The van der Waals surface area contributed by atoms with Crippen molar-refractivity contribution in [3.63, 3.8) is 0 Å². The quantitative estimate of drug-likeness (QED) is 0.912. The van der Waals surface area contributed by atoms with Crippen molar-refractivity contribution < 1.29 is 19.0 Å². The van der Waals surface area contributed by atoms with Crippen molar-refractivity contribution in [2.24, 2.45) is 0 Å². The lowest BCUT2D eigenvalue weighted by Crippen LogP contribution is -2.49. The Morgan fingerprint density at radius 1 is 1.61 bits per heavy atom. The highest BCUT2D eigenvalue weighted by atomic mass is 35.5. The second-order valence-electron chi connectivity index (χ2n) is 4.11. The number of rotatable bonds is 3. The number of aliphatic carboxylic acids is 1. The van der Waals surface area contributed by atoms with Crippen molar-refractivity contribution in [3.05, 3.63) is 34.6 Å². The molecule has 1 heterocycles. The molecule has 98 valence electrons. The maximum Gasteiger partial charge on any atom is 0.323 e. The van der Waals surface area contributed by atoms with Gasteiger partial charge in [0.25, 0.3) is 0 Å². The zero-order valence-electron chi connectivity index (χ0n) is 9.60. The van der Waals surface area contributed by atoms with E-state index in [1.165, 1.54) is 6.07 Å². The highest BCUT2D eigenvalue weighted by molar-refractivity contribution is 6.30. The van der Waals surface area contributed by atoms with Crippen molar-refractivity contribution in [1.82, 2.24) is 4.90 Å². The first-order valence-electron chi connectivity index (χ1n) is 5.57. The minimum Gasteiger partial charge on any atom is -0.480 e. The molecule has 0 aromatic heterocycles. The van der Waals surface area contributed by atoms with E-state index in [0.717, 1.165) is 0 Å². The predicted molar refractivity (Wildman–Crippen MR) is 64.1 cm³/mol. The Morgan fingerprint density at radius 2 is 2.39 bits per heavy atom. The van der Waals surface area contributed by atoms with Gasteiger partial charge in [0.05, 0.1) is 18.2 Å². The van der Waals surface area contributed by atoms with E-state index in [1.807, 2.05) is 0 Å². The van der Waals surface area contributed by atoms with Crippen molar-refractivity contribution in [2.75, 3.05) is 19.8 Å². The topological polar surface area (TPSA) is 49.8 Å². The summed E-state index contributed by atoms with van der Waals surface area (Å²) in [6.07, 6.45) is 0. The van der Waals surface area contributed by atoms with E-state index in [4.69, 9.17) is 21.4 Å². The molecule has 1 aliphatic rings. The van der Waals surface area contributed by atoms with Crippen LogP contribution in [0.25, 0.3) is 0 Å². The third-order valence-electron chi connectivity index (χ3n) is 2.93. The summed E-state index contributed by atoms with van der Waals surface area (Å²) in [6, 6.07) is 3.98. The molecule has 18 heavy (non-hydrogen) atoms. The van der Waals surface area contributed by atoms with E-state index in [9.17, 15) is 9.18 Å². The SMILES string of the molecule is O=C(O)C1COCCN1Cc1cccc(Cl)c1F. The Labute approximate surface area is 109 Å². The number of carbonyl (C=O) groups is 1. The fraction of sp³-hybridized carbons (Fsp3) is 0.417. The van der Waals surface area contributed by atoms with Crippen molar-refractivity contribution in [2.45, 2.75) is 12.6 Å². The van der Waals surface area contributed by atoms with Gasteiger partial charge in [-0.2, -0.15) is 0 Å². The molecule has 1 aliphatic heterocycles. The van der Waals surface area contributed by atoms with E-state index >= 15 is 0 Å². The first kappa shape index (κ1) is 13.3. The summed E-state index contributed by atoms with van der Waals surface area (Å²) in [5, 5.41) is 9.12. The van der Waals surface area contributed by atoms with E-state index in [0.29, 0.717) is 18.7 Å². The maximum atomic E-state index is 13.7. The molecule has 1 aromatic carbocycles. The van der Waals surface area contributed by atoms with Gasteiger partial charge in [-0.1, -0.05) is 23.7 Å². The Kier molecular flexibility index (Phi) is 4.16. The molecule has 6 heteroatoms. The van der Waals surface area contributed by atoms with Crippen LogP contribution in [0, 0.1) is 5.82 Å². The summed E-state index contributed by atoms with van der Waals surface area (Å²) in [5.41, 5.74) is 0.399. The van der Waals surface area contributed by atoms with Crippen molar-refractivity contribution in [1.29, 1.82) is 0 Å². The fourth-order valence-corrected chi connectivity index (χ4v) is 2.14. The predicted octanol–water partition coefficient (Wildman–Crippen LogP) is 1.76. The van der Waals surface area contributed by atoms with Gasteiger partial charge in [0, 0.05) is 18.7 Å². The van der Waals surface area contributed by atoms with Crippen LogP contribution in [0.2, 0.25) is 5.02 Å². The van der Waals surface area contributed by atoms with E-state index in [2.05, 4.69) is 0 Å². The number of carboxylic acids is 1. The molecule has 0 aliphatic carbocycles. The van der Waals surface area contributed by atoms with Crippen LogP contribution in [0.1, 0.15) is 5.56 Å². The van der Waals surface area contributed by atoms with Crippen molar-refractivity contribution in [3.8, 4) is 0 Å². The van der Waals surface area contributed by atoms with Gasteiger partial charge in [0.1, 0.15) is 11.9 Å². The van der Waals surface area contributed by atoms with Crippen LogP contribution in [-0.4, -0.2) is 41.8 Å². The number of nitrogens with zero attached hydrogens (tertiary/aromatic N) is 1. The molecule has 1 saturated heterocycles. The molecular weight excluding hydrogens is 261 g/mol. The second kappa shape index (κ2) is 5.65. The highest BCUT2D eigenvalue weighted by Crippen LogP contribution is 2.21. The van der Waals surface area contributed by atoms with Crippen LogP contribution in [-0.2, 0) is 16.1 Å². The molecule has 2 rings (SSSR count). The molecule has 1 aromatic rings. The Morgan fingerprint density at radius 3 is 3.11 bits per heavy atom. The van der Waals surface area contributed by atoms with Gasteiger partial charge in [-0.05, 0) is 6.07 Å². The molecule has 1 unspecified atom stereocenters. The van der Waals surface area contributed by atoms with Crippen LogP contribution in [0.5, 0.6) is 0 Å². The molecule has 1 atom stereocenters. The second-order valence-corrected chi connectivity index (χ2v) is 4.52. The van der Waals surface area contributed by atoms with Crippen LogP contribution in [0.4, 0.5) is 4.39 Å². The van der Waals surface area contributed by atoms with Crippen LogP contribution in [0.15, 0.2) is 18.2 Å². The third-order valence-corrected chi connectivity index (χ3v) is 3.22. The Balaban J connectivity index is 2.16. The number of hydrogen-bond donors (Lipinski definition) is 1. The van der Waals surface area contributed by atoms with Crippen molar-refractivity contribution >= 4 is 17.6 Å². The largest absolute Gasteiger partial charge is 0.480 e. The van der Waals surface area contributed by atoms with Gasteiger partial charge in [-0.25, -0.2) is 4.39 Å². The van der Waals surface area contributed by atoms with Crippen LogP contribution in [0.3, 0.4) is 0 Å². The number of benzene rings is 1. The lowest BCUT2D eigenvalue weighted by molar-refractivity contribution is -0.150. The average Bonchev–Trinajstić information content (AvgIpc) is 2.35. The fourth-order valence-electron chi connectivity index (χ4n) is 1.94. The number of morpholine rings is 1. The minimum absolute atomic E-state index is 0.0487. The molecule has 0 radical (unpaired) electrons. The van der Waals surface area contributed by atoms with Gasteiger partial charge in [-0.15, -0.1) is 0 Å². The van der Waals surface area contributed by atoms with Crippen LogP contribution >= 0.6 is 11.6 Å². The van der Waals surface area contributed by atoms with Gasteiger partial charge < -0.3 is 9.84 Å². The van der Waals surface area contributed by atoms with Gasteiger partial charge in [0.15, 0.2) is 0 Å². The van der Waals surface area contributed by atoms with Gasteiger partial charge >= 0.3 is 5.97 Å². The number of carboxylic acid groups (broad SMARTS) is 1. The van der Waals surface area contributed by atoms with Gasteiger partial charge in [-0.3, -0.25) is 9.69 Å². The molecular formula is C12H13ClFNO3. The summed E-state index contributed by atoms with van der Waals surface area (Å²) in [5.74, 6) is -1.45. The molecule has 0 bridgehead atoms. The monoisotopic (exact) mass is 273 g/mol. The lowest BCUT2D eigenvalue weighted by Gasteiger charge is -2.32. The molecule has 1 fully saturated rings. The molecule has 0 spiro atoms. The van der Waals surface area contributed by atoms with E-state index < -0.39 is 17.8 Å². The zero-order valence-corrected chi connectivity index (χ0v) is 10.4. The summed E-state index contributed by atoms with van der Waals surface area (Å²) in [7, 11) is 0. The summed E-state index contributed by atoms with van der Waals surface area (Å²) < 4.78 is 18.9. The molecule has 0 amide bonds. The summed E-state index contributed by atoms with van der Waals surface area (Å²) in [4.78, 5) is 12.7. The summed E-state index contributed by atoms with van der Waals surface area (Å²) >= 11 is 5.70. The molecule has 4 nitrogen and oxygen atoms in total. The highest BCUT2D eigenvalue weighted by Gasteiger charge is 2.29.